The third-order valence-corrected chi connectivity index (χ3v) is 4.63. The van der Waals surface area contributed by atoms with E-state index in [1.54, 1.807) is 0 Å². The van der Waals surface area contributed by atoms with Gasteiger partial charge in [0.15, 0.2) is 5.96 Å². The molecule has 6 heteroatoms. The van der Waals surface area contributed by atoms with Crippen LogP contribution in [0.25, 0.3) is 10.8 Å². The Hall–Kier alpha value is -1.38. The van der Waals surface area contributed by atoms with Crippen molar-refractivity contribution in [3.8, 4) is 0 Å². The van der Waals surface area contributed by atoms with Crippen molar-refractivity contribution in [2.24, 2.45) is 4.99 Å². The number of hydrogen-bond donors (Lipinski definition) is 2. The highest BCUT2D eigenvalue weighted by Crippen LogP contribution is 2.16. The summed E-state index contributed by atoms with van der Waals surface area (Å²) in [5.41, 5.74) is 1.23. The van der Waals surface area contributed by atoms with Gasteiger partial charge in [-0.1, -0.05) is 36.4 Å². The van der Waals surface area contributed by atoms with Gasteiger partial charge in [0, 0.05) is 26.2 Å². The van der Waals surface area contributed by atoms with Crippen LogP contribution in [0.2, 0.25) is 0 Å². The van der Waals surface area contributed by atoms with Crippen LogP contribution in [0.5, 0.6) is 0 Å². The fraction of sp³-hybridized carbons (Fsp3) is 0.476. The zero-order valence-corrected chi connectivity index (χ0v) is 18.4. The van der Waals surface area contributed by atoms with Gasteiger partial charge in [-0.2, -0.15) is 0 Å². The van der Waals surface area contributed by atoms with Gasteiger partial charge in [0.25, 0.3) is 0 Å². The van der Waals surface area contributed by atoms with Crippen LogP contribution in [0.15, 0.2) is 47.5 Å². The second-order valence-electron chi connectivity index (χ2n) is 6.61. The Morgan fingerprint density at radius 3 is 2.63 bits per heavy atom. The number of halogens is 1. The Morgan fingerprint density at radius 2 is 1.85 bits per heavy atom. The van der Waals surface area contributed by atoms with Gasteiger partial charge in [0.05, 0.1) is 19.8 Å². The predicted octanol–water partition coefficient (Wildman–Crippen LogP) is 3.24. The van der Waals surface area contributed by atoms with Gasteiger partial charge in [0.1, 0.15) is 0 Å². The zero-order chi connectivity index (χ0) is 18.0. The van der Waals surface area contributed by atoms with E-state index in [2.05, 4.69) is 64.9 Å². The molecule has 0 amide bonds. The van der Waals surface area contributed by atoms with Crippen molar-refractivity contribution in [2.75, 3.05) is 45.9 Å². The summed E-state index contributed by atoms with van der Waals surface area (Å²) in [6.45, 7) is 9.53. The Bertz CT molecular complexity index is 716. The first-order valence-electron chi connectivity index (χ1n) is 9.65. The van der Waals surface area contributed by atoms with Gasteiger partial charge in [-0.05, 0) is 42.3 Å². The number of morpholine rings is 1. The summed E-state index contributed by atoms with van der Waals surface area (Å²) in [6, 6.07) is 15.0. The highest BCUT2D eigenvalue weighted by molar-refractivity contribution is 14.0. The van der Waals surface area contributed by atoms with Crippen molar-refractivity contribution in [3.05, 3.63) is 48.0 Å². The standard InChI is InChI=1S/C21H30N4O.HI/c1-2-22-21(23-10-5-11-25-12-14-26-15-13-25)24-17-18-8-9-19-6-3-4-7-20(19)16-18;/h3-4,6-9,16H,2,5,10-15,17H2,1H3,(H2,22,23,24);1H. The van der Waals surface area contributed by atoms with Crippen molar-refractivity contribution < 1.29 is 4.74 Å². The Labute approximate surface area is 179 Å². The summed E-state index contributed by atoms with van der Waals surface area (Å²) in [5.74, 6) is 0.891. The number of rotatable bonds is 7. The number of benzene rings is 2. The maximum absolute atomic E-state index is 5.39. The molecular weight excluding hydrogens is 451 g/mol. The Kier molecular flexibility index (Phi) is 9.86. The average molecular weight is 482 g/mol. The minimum Gasteiger partial charge on any atom is -0.379 e. The number of nitrogens with zero attached hydrogens (tertiary/aromatic N) is 2. The molecule has 0 spiro atoms. The van der Waals surface area contributed by atoms with E-state index in [0.29, 0.717) is 6.54 Å². The van der Waals surface area contributed by atoms with E-state index in [0.717, 1.165) is 58.3 Å². The number of fused-ring (bicyclic) bond motifs is 1. The summed E-state index contributed by atoms with van der Waals surface area (Å²) in [7, 11) is 0. The monoisotopic (exact) mass is 482 g/mol. The van der Waals surface area contributed by atoms with Crippen molar-refractivity contribution in [1.82, 2.24) is 15.5 Å². The molecule has 1 aliphatic heterocycles. The lowest BCUT2D eigenvalue weighted by Gasteiger charge is -2.26. The SMILES string of the molecule is CCNC(=NCc1ccc2ccccc2c1)NCCCN1CCOCC1.I. The summed E-state index contributed by atoms with van der Waals surface area (Å²) in [5, 5.41) is 9.32. The summed E-state index contributed by atoms with van der Waals surface area (Å²) in [4.78, 5) is 7.20. The van der Waals surface area contributed by atoms with E-state index >= 15 is 0 Å². The van der Waals surface area contributed by atoms with Crippen molar-refractivity contribution in [2.45, 2.75) is 19.9 Å². The fourth-order valence-corrected chi connectivity index (χ4v) is 3.18. The minimum absolute atomic E-state index is 0. The molecular formula is C21H31IN4O. The lowest BCUT2D eigenvalue weighted by Crippen LogP contribution is -2.40. The van der Waals surface area contributed by atoms with Crippen molar-refractivity contribution >= 4 is 40.7 Å². The Morgan fingerprint density at radius 1 is 1.07 bits per heavy atom. The second-order valence-corrected chi connectivity index (χ2v) is 6.61. The highest BCUT2D eigenvalue weighted by Gasteiger charge is 2.09. The molecule has 2 N–H and O–H groups in total. The average Bonchev–Trinajstić information content (AvgIpc) is 2.70. The lowest BCUT2D eigenvalue weighted by atomic mass is 10.1. The number of guanidine groups is 1. The molecule has 0 radical (unpaired) electrons. The fourth-order valence-electron chi connectivity index (χ4n) is 3.18. The summed E-state index contributed by atoms with van der Waals surface area (Å²) in [6.07, 6.45) is 1.11. The smallest absolute Gasteiger partial charge is 0.191 e. The van der Waals surface area contributed by atoms with Crippen LogP contribution in [0.1, 0.15) is 18.9 Å². The van der Waals surface area contributed by atoms with Gasteiger partial charge >= 0.3 is 0 Å². The lowest BCUT2D eigenvalue weighted by molar-refractivity contribution is 0.0376. The van der Waals surface area contributed by atoms with E-state index in [-0.39, 0.29) is 24.0 Å². The molecule has 5 nitrogen and oxygen atoms in total. The molecule has 3 rings (SSSR count). The number of aliphatic imine (C=N–C) groups is 1. The van der Waals surface area contributed by atoms with Gasteiger partial charge < -0.3 is 15.4 Å². The zero-order valence-electron chi connectivity index (χ0n) is 16.1. The van der Waals surface area contributed by atoms with E-state index < -0.39 is 0 Å². The molecule has 1 heterocycles. The molecule has 0 bridgehead atoms. The summed E-state index contributed by atoms with van der Waals surface area (Å²) < 4.78 is 5.39. The molecule has 2 aromatic rings. The number of ether oxygens (including phenoxy) is 1. The van der Waals surface area contributed by atoms with Crippen LogP contribution in [-0.2, 0) is 11.3 Å². The molecule has 148 valence electrons. The highest BCUT2D eigenvalue weighted by atomic mass is 127. The molecule has 1 fully saturated rings. The van der Waals surface area contributed by atoms with E-state index in [1.165, 1.54) is 16.3 Å². The molecule has 1 saturated heterocycles. The largest absolute Gasteiger partial charge is 0.379 e. The molecule has 0 atom stereocenters. The normalized spacial score (nSPS) is 15.4. The Balaban J connectivity index is 0.00000261. The topological polar surface area (TPSA) is 48.9 Å². The van der Waals surface area contributed by atoms with Gasteiger partial charge in [-0.15, -0.1) is 24.0 Å². The van der Waals surface area contributed by atoms with E-state index in [1.807, 2.05) is 0 Å². The van der Waals surface area contributed by atoms with E-state index in [9.17, 15) is 0 Å². The maximum atomic E-state index is 5.39. The van der Waals surface area contributed by atoms with Gasteiger partial charge in [0.2, 0.25) is 0 Å². The van der Waals surface area contributed by atoms with E-state index in [4.69, 9.17) is 9.73 Å². The minimum atomic E-state index is 0. The number of hydrogen-bond acceptors (Lipinski definition) is 3. The van der Waals surface area contributed by atoms with Crippen LogP contribution >= 0.6 is 24.0 Å². The molecule has 1 aliphatic rings. The molecule has 0 saturated carbocycles. The van der Waals surface area contributed by atoms with Crippen LogP contribution < -0.4 is 10.6 Å². The number of nitrogens with one attached hydrogen (secondary N) is 2. The van der Waals surface area contributed by atoms with Crippen LogP contribution in [-0.4, -0.2) is 56.8 Å². The summed E-state index contributed by atoms with van der Waals surface area (Å²) >= 11 is 0. The predicted molar refractivity (Wildman–Crippen MR) is 124 cm³/mol. The van der Waals surface area contributed by atoms with Crippen molar-refractivity contribution in [1.29, 1.82) is 0 Å². The van der Waals surface area contributed by atoms with Crippen LogP contribution in [0.3, 0.4) is 0 Å². The molecule has 0 aromatic heterocycles. The second kappa shape index (κ2) is 12.2. The maximum Gasteiger partial charge on any atom is 0.191 e. The van der Waals surface area contributed by atoms with Crippen LogP contribution in [0.4, 0.5) is 0 Å². The van der Waals surface area contributed by atoms with Crippen molar-refractivity contribution in [3.63, 3.8) is 0 Å². The van der Waals surface area contributed by atoms with Crippen LogP contribution in [0, 0.1) is 0 Å². The first kappa shape index (κ1) is 21.9. The van der Waals surface area contributed by atoms with Gasteiger partial charge in [-0.3, -0.25) is 4.90 Å². The quantitative estimate of drug-likeness (QED) is 0.276. The first-order chi connectivity index (χ1) is 12.8. The third kappa shape index (κ3) is 7.27. The molecule has 0 aliphatic carbocycles. The molecule has 27 heavy (non-hydrogen) atoms. The third-order valence-electron chi connectivity index (χ3n) is 4.63. The first-order valence-corrected chi connectivity index (χ1v) is 9.65. The molecule has 0 unspecified atom stereocenters. The van der Waals surface area contributed by atoms with Gasteiger partial charge in [-0.25, -0.2) is 4.99 Å². The molecule has 2 aromatic carbocycles.